The molecule has 2 aliphatic rings. The van der Waals surface area contributed by atoms with Gasteiger partial charge in [0, 0.05) is 31.9 Å². The van der Waals surface area contributed by atoms with E-state index in [1.165, 1.54) is 11.1 Å². The number of nitrogens with zero attached hydrogens (tertiary/aromatic N) is 2. The van der Waals surface area contributed by atoms with Crippen LogP contribution >= 0.6 is 12.2 Å². The molecule has 148 valence electrons. The van der Waals surface area contributed by atoms with Crippen LogP contribution in [0.5, 0.6) is 0 Å². The summed E-state index contributed by atoms with van der Waals surface area (Å²) in [6.07, 6.45) is 3.15. The standard InChI is InChI=1S/C21H25N3O2S2/c1-16-4-2-7-19(14-16)22-21(27)23-10-12-24(13-11-23)28(25,26)20-9-8-17-5-3-6-18(17)15-20/h2,4,7-9,14-15H,3,5-6,10-13H2,1H3,(H,22,27). The molecular weight excluding hydrogens is 390 g/mol. The molecule has 0 spiro atoms. The predicted molar refractivity (Wildman–Crippen MR) is 116 cm³/mol. The third-order valence-corrected chi connectivity index (χ3v) is 7.76. The highest BCUT2D eigenvalue weighted by molar-refractivity contribution is 7.89. The van der Waals surface area contributed by atoms with E-state index in [2.05, 4.69) is 5.32 Å². The van der Waals surface area contributed by atoms with Crippen LogP contribution in [0.4, 0.5) is 5.69 Å². The number of nitrogens with one attached hydrogen (secondary N) is 1. The lowest BCUT2D eigenvalue weighted by molar-refractivity contribution is 0.268. The van der Waals surface area contributed by atoms with Crippen LogP contribution in [0.25, 0.3) is 0 Å². The number of anilines is 1. The molecule has 4 rings (SSSR count). The lowest BCUT2D eigenvalue weighted by atomic mass is 10.1. The van der Waals surface area contributed by atoms with Crippen molar-refractivity contribution in [3.8, 4) is 0 Å². The normalized spacial score (nSPS) is 17.4. The van der Waals surface area contributed by atoms with Crippen LogP contribution < -0.4 is 5.32 Å². The average molecular weight is 416 g/mol. The van der Waals surface area contributed by atoms with Gasteiger partial charge in [-0.2, -0.15) is 4.31 Å². The van der Waals surface area contributed by atoms with E-state index in [9.17, 15) is 8.42 Å². The van der Waals surface area contributed by atoms with E-state index in [1.54, 1.807) is 10.4 Å². The molecular formula is C21H25N3O2S2. The minimum atomic E-state index is -3.45. The van der Waals surface area contributed by atoms with Crippen molar-refractivity contribution in [3.05, 3.63) is 59.2 Å². The fourth-order valence-electron chi connectivity index (χ4n) is 3.91. The van der Waals surface area contributed by atoms with E-state index >= 15 is 0 Å². The van der Waals surface area contributed by atoms with Gasteiger partial charge < -0.3 is 10.2 Å². The Hall–Kier alpha value is -1.96. The van der Waals surface area contributed by atoms with Gasteiger partial charge in [0.1, 0.15) is 0 Å². The van der Waals surface area contributed by atoms with Crippen molar-refractivity contribution in [3.63, 3.8) is 0 Å². The minimum Gasteiger partial charge on any atom is -0.346 e. The lowest BCUT2D eigenvalue weighted by Gasteiger charge is -2.35. The van der Waals surface area contributed by atoms with Gasteiger partial charge in [0.2, 0.25) is 10.0 Å². The quantitative estimate of drug-likeness (QED) is 0.781. The monoisotopic (exact) mass is 415 g/mol. The largest absolute Gasteiger partial charge is 0.346 e. The first-order valence-corrected chi connectivity index (χ1v) is 11.5. The summed E-state index contributed by atoms with van der Waals surface area (Å²) < 4.78 is 27.7. The van der Waals surface area contributed by atoms with Crippen LogP contribution in [-0.2, 0) is 22.9 Å². The zero-order valence-corrected chi connectivity index (χ0v) is 17.7. The Balaban J connectivity index is 1.40. The van der Waals surface area contributed by atoms with Crippen molar-refractivity contribution >= 4 is 33.0 Å². The maximum atomic E-state index is 13.1. The second kappa shape index (κ2) is 7.81. The fraction of sp³-hybridized carbons (Fsp3) is 0.381. The number of piperazine rings is 1. The Kier molecular flexibility index (Phi) is 5.40. The molecule has 0 atom stereocenters. The molecule has 1 N–H and O–H groups in total. The number of hydrogen-bond acceptors (Lipinski definition) is 3. The number of benzene rings is 2. The summed E-state index contributed by atoms with van der Waals surface area (Å²) in [4.78, 5) is 2.45. The van der Waals surface area contributed by atoms with Gasteiger partial charge in [-0.25, -0.2) is 8.42 Å². The first-order chi connectivity index (χ1) is 13.4. The zero-order chi connectivity index (χ0) is 19.7. The molecule has 1 fully saturated rings. The Bertz CT molecular complexity index is 996. The molecule has 0 amide bonds. The van der Waals surface area contributed by atoms with Crippen LogP contribution in [0.1, 0.15) is 23.1 Å². The van der Waals surface area contributed by atoms with Gasteiger partial charge in [-0.05, 0) is 79.4 Å². The van der Waals surface area contributed by atoms with Gasteiger partial charge in [-0.3, -0.25) is 0 Å². The number of thiocarbonyl (C=S) groups is 1. The van der Waals surface area contributed by atoms with Gasteiger partial charge in [0.15, 0.2) is 5.11 Å². The van der Waals surface area contributed by atoms with Crippen molar-refractivity contribution in [1.29, 1.82) is 0 Å². The highest BCUT2D eigenvalue weighted by Crippen LogP contribution is 2.26. The number of fused-ring (bicyclic) bond motifs is 1. The second-order valence-electron chi connectivity index (χ2n) is 7.47. The van der Waals surface area contributed by atoms with E-state index in [1.807, 2.05) is 48.2 Å². The second-order valence-corrected chi connectivity index (χ2v) is 9.80. The van der Waals surface area contributed by atoms with E-state index in [0.717, 1.165) is 30.5 Å². The van der Waals surface area contributed by atoms with Crippen molar-refractivity contribution in [1.82, 2.24) is 9.21 Å². The lowest BCUT2D eigenvalue weighted by Crippen LogP contribution is -2.51. The van der Waals surface area contributed by atoms with Crippen molar-refractivity contribution in [2.24, 2.45) is 0 Å². The molecule has 2 aromatic carbocycles. The molecule has 0 radical (unpaired) electrons. The summed E-state index contributed by atoms with van der Waals surface area (Å²) in [7, 11) is -3.45. The van der Waals surface area contributed by atoms with E-state index < -0.39 is 10.0 Å². The van der Waals surface area contributed by atoms with Crippen LogP contribution in [0.15, 0.2) is 47.4 Å². The van der Waals surface area contributed by atoms with Gasteiger partial charge in [-0.15, -0.1) is 0 Å². The summed E-state index contributed by atoms with van der Waals surface area (Å²) in [5.41, 5.74) is 4.59. The highest BCUT2D eigenvalue weighted by atomic mass is 32.2. The predicted octanol–water partition coefficient (Wildman–Crippen LogP) is 3.19. The number of rotatable bonds is 3. The number of sulfonamides is 1. The van der Waals surface area contributed by atoms with Gasteiger partial charge in [-0.1, -0.05) is 18.2 Å². The Labute approximate surface area is 172 Å². The van der Waals surface area contributed by atoms with E-state index in [0.29, 0.717) is 36.2 Å². The summed E-state index contributed by atoms with van der Waals surface area (Å²) in [5, 5.41) is 3.89. The molecule has 1 aliphatic heterocycles. The van der Waals surface area contributed by atoms with Crippen LogP contribution in [0.3, 0.4) is 0 Å². The SMILES string of the molecule is Cc1cccc(NC(=S)N2CCN(S(=O)(=O)c3ccc4c(c3)CCC4)CC2)c1. The van der Waals surface area contributed by atoms with Gasteiger partial charge in [0.25, 0.3) is 0 Å². The molecule has 28 heavy (non-hydrogen) atoms. The average Bonchev–Trinajstić information content (AvgIpc) is 3.16. The Morgan fingerprint density at radius 1 is 1.00 bits per heavy atom. The molecule has 0 unspecified atom stereocenters. The van der Waals surface area contributed by atoms with Gasteiger partial charge in [0.05, 0.1) is 4.90 Å². The molecule has 0 saturated carbocycles. The Morgan fingerprint density at radius 3 is 2.50 bits per heavy atom. The van der Waals surface area contributed by atoms with E-state index in [4.69, 9.17) is 12.2 Å². The van der Waals surface area contributed by atoms with Crippen LogP contribution in [-0.4, -0.2) is 48.9 Å². The van der Waals surface area contributed by atoms with Crippen LogP contribution in [0, 0.1) is 6.92 Å². The maximum Gasteiger partial charge on any atom is 0.243 e. The van der Waals surface area contributed by atoms with E-state index in [-0.39, 0.29) is 0 Å². The molecule has 5 nitrogen and oxygen atoms in total. The fourth-order valence-corrected chi connectivity index (χ4v) is 5.69. The minimum absolute atomic E-state index is 0.419. The number of aryl methyl sites for hydroxylation is 3. The third kappa shape index (κ3) is 3.92. The van der Waals surface area contributed by atoms with Crippen molar-refractivity contribution < 1.29 is 8.42 Å². The molecule has 1 saturated heterocycles. The molecule has 7 heteroatoms. The molecule has 2 aromatic rings. The number of hydrogen-bond donors (Lipinski definition) is 1. The molecule has 1 aliphatic carbocycles. The zero-order valence-electron chi connectivity index (χ0n) is 16.0. The molecule has 1 heterocycles. The highest BCUT2D eigenvalue weighted by Gasteiger charge is 2.30. The third-order valence-electron chi connectivity index (χ3n) is 5.50. The summed E-state index contributed by atoms with van der Waals surface area (Å²) in [6.45, 7) is 4.09. The smallest absolute Gasteiger partial charge is 0.243 e. The topological polar surface area (TPSA) is 52.6 Å². The molecule has 0 aromatic heterocycles. The van der Waals surface area contributed by atoms with Gasteiger partial charge >= 0.3 is 0 Å². The Morgan fingerprint density at radius 2 is 1.75 bits per heavy atom. The molecule has 0 bridgehead atoms. The van der Waals surface area contributed by atoms with Crippen molar-refractivity contribution in [2.45, 2.75) is 31.1 Å². The first kappa shape index (κ1) is 19.4. The summed E-state index contributed by atoms with van der Waals surface area (Å²) >= 11 is 5.53. The van der Waals surface area contributed by atoms with Crippen LogP contribution in [0.2, 0.25) is 0 Å². The summed E-state index contributed by atoms with van der Waals surface area (Å²) in [5.74, 6) is 0. The summed E-state index contributed by atoms with van der Waals surface area (Å²) in [6, 6.07) is 13.7. The maximum absolute atomic E-state index is 13.1. The van der Waals surface area contributed by atoms with Crippen molar-refractivity contribution in [2.75, 3.05) is 31.5 Å². The first-order valence-electron chi connectivity index (χ1n) is 9.68.